The molecule has 0 saturated carbocycles. The van der Waals surface area contributed by atoms with Crippen LogP contribution in [0.25, 0.3) is 0 Å². The monoisotopic (exact) mass is 227 g/mol. The molecule has 0 radical (unpaired) electrons. The Morgan fingerprint density at radius 1 is 1.33 bits per heavy atom. The number of hydrogen-bond donors (Lipinski definition) is 1. The van der Waals surface area contributed by atoms with E-state index in [1.54, 1.807) is 0 Å². The third-order valence-electron chi connectivity index (χ3n) is 1.85. The summed E-state index contributed by atoms with van der Waals surface area (Å²) in [6.45, 7) is 0.980. The standard InChI is InChI=1S/C8H6F5NO/c1-3-4(7(9)10)2-14-6(5(3)15)8(11,12)13/h2,7,15H,1H3. The van der Waals surface area contributed by atoms with Crippen LogP contribution in [-0.2, 0) is 6.18 Å². The number of pyridine rings is 1. The number of halogens is 5. The highest BCUT2D eigenvalue weighted by atomic mass is 19.4. The van der Waals surface area contributed by atoms with Crippen molar-refractivity contribution in [1.29, 1.82) is 0 Å². The maximum atomic E-state index is 12.2. The first-order valence-corrected chi connectivity index (χ1v) is 3.79. The molecule has 1 rings (SSSR count). The van der Waals surface area contributed by atoms with Gasteiger partial charge in [-0.3, -0.25) is 0 Å². The Bertz CT molecular complexity index is 374. The van der Waals surface area contributed by atoms with Gasteiger partial charge in [0.2, 0.25) is 0 Å². The van der Waals surface area contributed by atoms with Gasteiger partial charge in [-0.05, 0) is 6.92 Å². The van der Waals surface area contributed by atoms with E-state index in [1.807, 2.05) is 0 Å². The molecular weight excluding hydrogens is 221 g/mol. The van der Waals surface area contributed by atoms with Crippen molar-refractivity contribution in [2.45, 2.75) is 19.5 Å². The molecule has 15 heavy (non-hydrogen) atoms. The van der Waals surface area contributed by atoms with Crippen molar-refractivity contribution < 1.29 is 27.1 Å². The minimum Gasteiger partial charge on any atom is -0.505 e. The molecule has 0 aliphatic carbocycles. The van der Waals surface area contributed by atoms with Crippen molar-refractivity contribution in [2.24, 2.45) is 0 Å². The SMILES string of the molecule is Cc1c(C(F)F)cnc(C(F)(F)F)c1O. The van der Waals surface area contributed by atoms with E-state index in [0.717, 1.165) is 6.92 Å². The minimum absolute atomic E-state index is 0.419. The van der Waals surface area contributed by atoms with E-state index in [2.05, 4.69) is 4.98 Å². The molecule has 0 unspecified atom stereocenters. The first-order chi connectivity index (χ1) is 6.75. The molecule has 7 heteroatoms. The lowest BCUT2D eigenvalue weighted by atomic mass is 10.1. The molecule has 2 nitrogen and oxygen atoms in total. The molecule has 0 amide bonds. The Labute approximate surface area is 81.4 Å². The quantitative estimate of drug-likeness (QED) is 0.748. The maximum Gasteiger partial charge on any atom is 0.437 e. The smallest absolute Gasteiger partial charge is 0.437 e. The molecule has 0 aromatic carbocycles. The number of nitrogens with zero attached hydrogens (tertiary/aromatic N) is 1. The van der Waals surface area contributed by atoms with Crippen molar-refractivity contribution in [3.8, 4) is 5.75 Å². The van der Waals surface area contributed by atoms with Gasteiger partial charge in [-0.1, -0.05) is 0 Å². The molecule has 1 aromatic heterocycles. The molecular formula is C8H6F5NO. The van der Waals surface area contributed by atoms with E-state index in [0.29, 0.717) is 6.20 Å². The van der Waals surface area contributed by atoms with Crippen LogP contribution in [0.1, 0.15) is 23.2 Å². The van der Waals surface area contributed by atoms with Crippen molar-refractivity contribution in [2.75, 3.05) is 0 Å². The zero-order chi connectivity index (χ0) is 11.8. The Morgan fingerprint density at radius 2 is 1.87 bits per heavy atom. The first-order valence-electron chi connectivity index (χ1n) is 3.79. The van der Waals surface area contributed by atoms with Gasteiger partial charge in [0.25, 0.3) is 6.43 Å². The van der Waals surface area contributed by atoms with Gasteiger partial charge < -0.3 is 5.11 Å². The first kappa shape index (κ1) is 11.7. The molecule has 0 saturated heterocycles. The maximum absolute atomic E-state index is 12.2. The molecule has 1 N–H and O–H groups in total. The van der Waals surface area contributed by atoms with Gasteiger partial charge in [0.1, 0.15) is 5.75 Å². The van der Waals surface area contributed by atoms with Crippen molar-refractivity contribution >= 4 is 0 Å². The van der Waals surface area contributed by atoms with Crippen LogP contribution in [0.5, 0.6) is 5.75 Å². The molecule has 84 valence electrons. The fourth-order valence-electron chi connectivity index (χ4n) is 1.03. The number of aromatic hydroxyl groups is 1. The zero-order valence-corrected chi connectivity index (χ0v) is 7.44. The van der Waals surface area contributed by atoms with Crippen molar-refractivity contribution in [3.63, 3.8) is 0 Å². The summed E-state index contributed by atoms with van der Waals surface area (Å²) >= 11 is 0. The molecule has 0 atom stereocenters. The average molecular weight is 227 g/mol. The molecule has 0 aliphatic heterocycles. The fourth-order valence-corrected chi connectivity index (χ4v) is 1.03. The Balaban J connectivity index is 3.34. The number of alkyl halides is 5. The second-order valence-corrected chi connectivity index (χ2v) is 2.83. The zero-order valence-electron chi connectivity index (χ0n) is 7.44. The highest BCUT2D eigenvalue weighted by Crippen LogP contribution is 2.38. The van der Waals surface area contributed by atoms with Crippen LogP contribution in [0.3, 0.4) is 0 Å². The van der Waals surface area contributed by atoms with E-state index in [9.17, 15) is 22.0 Å². The molecule has 0 bridgehead atoms. The Hall–Kier alpha value is -1.40. The van der Waals surface area contributed by atoms with E-state index < -0.39 is 35.2 Å². The highest BCUT2D eigenvalue weighted by molar-refractivity contribution is 5.41. The predicted octanol–water partition coefficient (Wildman–Crippen LogP) is 3.05. The van der Waals surface area contributed by atoms with Gasteiger partial charge in [0, 0.05) is 17.3 Å². The molecule has 1 aromatic rings. The Morgan fingerprint density at radius 3 is 2.27 bits per heavy atom. The van der Waals surface area contributed by atoms with Crippen LogP contribution in [0.2, 0.25) is 0 Å². The van der Waals surface area contributed by atoms with Crippen molar-refractivity contribution in [1.82, 2.24) is 4.98 Å². The summed E-state index contributed by atoms with van der Waals surface area (Å²) in [6, 6.07) is 0. The molecule has 0 aliphatic rings. The topological polar surface area (TPSA) is 33.1 Å². The van der Waals surface area contributed by atoms with Gasteiger partial charge in [0.05, 0.1) is 0 Å². The second-order valence-electron chi connectivity index (χ2n) is 2.83. The largest absolute Gasteiger partial charge is 0.505 e. The molecule has 0 spiro atoms. The summed E-state index contributed by atoms with van der Waals surface area (Å²) in [5.41, 5.74) is -2.77. The minimum atomic E-state index is -4.85. The summed E-state index contributed by atoms with van der Waals surface area (Å²) in [4.78, 5) is 2.78. The number of hydrogen-bond acceptors (Lipinski definition) is 2. The van der Waals surface area contributed by atoms with Gasteiger partial charge >= 0.3 is 6.18 Å². The number of rotatable bonds is 1. The lowest BCUT2D eigenvalue weighted by Crippen LogP contribution is -2.10. The van der Waals surface area contributed by atoms with Crippen LogP contribution in [0, 0.1) is 6.92 Å². The van der Waals surface area contributed by atoms with Crippen LogP contribution in [0.15, 0.2) is 6.20 Å². The van der Waals surface area contributed by atoms with Crippen LogP contribution in [-0.4, -0.2) is 10.1 Å². The van der Waals surface area contributed by atoms with Crippen LogP contribution >= 0.6 is 0 Å². The second kappa shape index (κ2) is 3.63. The Kier molecular flexibility index (Phi) is 2.83. The van der Waals surface area contributed by atoms with Gasteiger partial charge in [0.15, 0.2) is 5.69 Å². The van der Waals surface area contributed by atoms with E-state index in [1.165, 1.54) is 0 Å². The summed E-state index contributed by atoms with van der Waals surface area (Å²) in [6.07, 6.45) is -7.40. The lowest BCUT2D eigenvalue weighted by molar-refractivity contribution is -0.142. The fraction of sp³-hybridized carbons (Fsp3) is 0.375. The summed E-state index contributed by atoms with van der Waals surface area (Å²) in [5, 5.41) is 9.05. The third kappa shape index (κ3) is 2.16. The van der Waals surface area contributed by atoms with Gasteiger partial charge in [-0.15, -0.1) is 0 Å². The van der Waals surface area contributed by atoms with E-state index in [-0.39, 0.29) is 0 Å². The van der Waals surface area contributed by atoms with Crippen LogP contribution < -0.4 is 0 Å². The third-order valence-corrected chi connectivity index (χ3v) is 1.85. The predicted molar refractivity (Wildman–Crippen MR) is 40.6 cm³/mol. The average Bonchev–Trinajstić information content (AvgIpc) is 2.06. The highest BCUT2D eigenvalue weighted by Gasteiger charge is 2.37. The molecule has 1 heterocycles. The van der Waals surface area contributed by atoms with Gasteiger partial charge in [-0.25, -0.2) is 13.8 Å². The lowest BCUT2D eigenvalue weighted by Gasteiger charge is -2.12. The number of aromatic nitrogens is 1. The summed E-state index contributed by atoms with van der Waals surface area (Å²) < 4.78 is 60.9. The summed E-state index contributed by atoms with van der Waals surface area (Å²) in [5.74, 6) is -1.25. The van der Waals surface area contributed by atoms with Crippen LogP contribution in [0.4, 0.5) is 22.0 Å². The normalized spacial score (nSPS) is 12.2. The van der Waals surface area contributed by atoms with Crippen molar-refractivity contribution in [3.05, 3.63) is 23.0 Å². The van der Waals surface area contributed by atoms with E-state index in [4.69, 9.17) is 5.11 Å². The van der Waals surface area contributed by atoms with Gasteiger partial charge in [-0.2, -0.15) is 13.2 Å². The molecule has 0 fully saturated rings. The van der Waals surface area contributed by atoms with E-state index >= 15 is 0 Å². The summed E-state index contributed by atoms with van der Waals surface area (Å²) in [7, 11) is 0.